The van der Waals surface area contributed by atoms with E-state index in [4.69, 9.17) is 11.6 Å². The first-order valence-electron chi connectivity index (χ1n) is 7.63. The van der Waals surface area contributed by atoms with Gasteiger partial charge in [-0.3, -0.25) is 9.59 Å². The molecule has 0 saturated carbocycles. The second-order valence-corrected chi connectivity index (χ2v) is 6.21. The predicted octanol–water partition coefficient (Wildman–Crippen LogP) is 2.80. The van der Waals surface area contributed by atoms with Gasteiger partial charge in [-0.1, -0.05) is 29.8 Å². The number of likely N-dealkylation sites (tertiary alicyclic amines) is 1. The number of hydrogen-bond donors (Lipinski definition) is 1. The van der Waals surface area contributed by atoms with Crippen LogP contribution in [0.1, 0.15) is 18.4 Å². The van der Waals surface area contributed by atoms with Gasteiger partial charge in [0.1, 0.15) is 0 Å². The van der Waals surface area contributed by atoms with Crippen molar-refractivity contribution in [2.45, 2.75) is 25.4 Å². The number of nitrogens with one attached hydrogen (secondary N) is 1. The third-order valence-electron chi connectivity index (χ3n) is 4.08. The molecule has 0 bridgehead atoms. The number of piperidine rings is 1. The Balaban J connectivity index is 1.77. The molecule has 1 heterocycles. The van der Waals surface area contributed by atoms with Crippen LogP contribution in [-0.4, -0.2) is 42.5 Å². The van der Waals surface area contributed by atoms with E-state index in [2.05, 4.69) is 0 Å². The average molecular weight is 363 g/mol. The van der Waals surface area contributed by atoms with Gasteiger partial charge in [-0.05, 0) is 30.4 Å². The molecule has 1 aromatic rings. The van der Waals surface area contributed by atoms with E-state index < -0.39 is 12.1 Å². The lowest BCUT2D eigenvalue weighted by molar-refractivity contribution is -0.173. The molecular formula is C16H18ClF3N2O2. The summed E-state index contributed by atoms with van der Waals surface area (Å²) in [6.45, 7) is 0.913. The number of hydrogen-bond acceptors (Lipinski definition) is 2. The van der Waals surface area contributed by atoms with E-state index in [-0.39, 0.29) is 24.8 Å². The SMILES string of the molecule is O=C(Cc1ccccc1Cl)N1CCC(CNC(=O)C(F)(F)F)CC1. The molecule has 1 fully saturated rings. The number of carbonyl (C=O) groups is 2. The molecule has 24 heavy (non-hydrogen) atoms. The summed E-state index contributed by atoms with van der Waals surface area (Å²) in [5, 5.41) is 2.44. The Labute approximate surface area is 143 Å². The minimum atomic E-state index is -4.86. The molecule has 0 unspecified atom stereocenters. The topological polar surface area (TPSA) is 49.4 Å². The van der Waals surface area contributed by atoms with Crippen molar-refractivity contribution in [2.75, 3.05) is 19.6 Å². The minimum Gasteiger partial charge on any atom is -0.348 e. The number of alkyl halides is 3. The molecule has 1 N–H and O–H groups in total. The molecule has 0 spiro atoms. The number of benzene rings is 1. The van der Waals surface area contributed by atoms with Gasteiger partial charge in [-0.15, -0.1) is 0 Å². The Hall–Kier alpha value is -1.76. The van der Waals surface area contributed by atoms with Crippen LogP contribution < -0.4 is 5.32 Å². The number of halogens is 4. The lowest BCUT2D eigenvalue weighted by atomic mass is 9.96. The van der Waals surface area contributed by atoms with E-state index in [0.29, 0.717) is 31.0 Å². The first-order chi connectivity index (χ1) is 11.3. The van der Waals surface area contributed by atoms with E-state index in [1.165, 1.54) is 0 Å². The molecule has 132 valence electrons. The first-order valence-corrected chi connectivity index (χ1v) is 8.01. The highest BCUT2D eigenvalue weighted by Crippen LogP contribution is 2.21. The van der Waals surface area contributed by atoms with E-state index in [9.17, 15) is 22.8 Å². The van der Waals surface area contributed by atoms with Crippen molar-refractivity contribution in [1.82, 2.24) is 10.2 Å². The summed E-state index contributed by atoms with van der Waals surface area (Å²) in [6.07, 6.45) is -3.53. The zero-order valence-corrected chi connectivity index (χ0v) is 13.7. The van der Waals surface area contributed by atoms with Crippen LogP contribution in [0.5, 0.6) is 0 Å². The van der Waals surface area contributed by atoms with Crippen molar-refractivity contribution in [2.24, 2.45) is 5.92 Å². The second-order valence-electron chi connectivity index (χ2n) is 5.80. The van der Waals surface area contributed by atoms with Gasteiger partial charge in [-0.25, -0.2) is 0 Å². The molecule has 4 nitrogen and oxygen atoms in total. The molecule has 1 saturated heterocycles. The molecule has 0 aromatic heterocycles. The van der Waals surface area contributed by atoms with Crippen LogP contribution in [0.3, 0.4) is 0 Å². The molecule has 0 radical (unpaired) electrons. The average Bonchev–Trinajstić information content (AvgIpc) is 2.54. The maximum absolute atomic E-state index is 12.3. The number of rotatable bonds is 4. The third kappa shape index (κ3) is 5.12. The van der Waals surface area contributed by atoms with E-state index in [1.807, 2.05) is 11.4 Å². The van der Waals surface area contributed by atoms with Crippen LogP contribution in [0, 0.1) is 5.92 Å². The van der Waals surface area contributed by atoms with Gasteiger partial charge in [0.05, 0.1) is 6.42 Å². The molecule has 1 aliphatic heterocycles. The highest BCUT2D eigenvalue weighted by molar-refractivity contribution is 6.31. The Kier molecular flexibility index (Phi) is 6.10. The van der Waals surface area contributed by atoms with Gasteiger partial charge >= 0.3 is 12.1 Å². The highest BCUT2D eigenvalue weighted by Gasteiger charge is 2.38. The van der Waals surface area contributed by atoms with Crippen molar-refractivity contribution >= 4 is 23.4 Å². The summed E-state index contributed by atoms with van der Waals surface area (Å²) in [6, 6.07) is 7.11. The second kappa shape index (κ2) is 7.88. The normalized spacial score (nSPS) is 16.1. The Bertz CT molecular complexity index is 599. The summed E-state index contributed by atoms with van der Waals surface area (Å²) in [5.41, 5.74) is 0.753. The molecular weight excluding hydrogens is 345 g/mol. The van der Waals surface area contributed by atoms with Crippen LogP contribution in [-0.2, 0) is 16.0 Å². The third-order valence-corrected chi connectivity index (χ3v) is 4.44. The Morgan fingerprint density at radius 3 is 2.42 bits per heavy atom. The predicted molar refractivity (Wildman–Crippen MR) is 83.5 cm³/mol. The summed E-state index contributed by atoms with van der Waals surface area (Å²) in [4.78, 5) is 24.8. The van der Waals surface area contributed by atoms with Gasteiger partial charge in [0, 0.05) is 24.7 Å². The quantitative estimate of drug-likeness (QED) is 0.895. The fraction of sp³-hybridized carbons (Fsp3) is 0.500. The summed E-state index contributed by atoms with van der Waals surface area (Å²) in [5.74, 6) is -2.03. The number of amides is 2. The molecule has 0 atom stereocenters. The van der Waals surface area contributed by atoms with Crippen molar-refractivity contribution in [1.29, 1.82) is 0 Å². The fourth-order valence-corrected chi connectivity index (χ4v) is 2.84. The summed E-state index contributed by atoms with van der Waals surface area (Å²) in [7, 11) is 0. The van der Waals surface area contributed by atoms with Gasteiger partial charge in [-0.2, -0.15) is 13.2 Å². The van der Waals surface area contributed by atoms with E-state index >= 15 is 0 Å². The van der Waals surface area contributed by atoms with Gasteiger partial charge in [0.25, 0.3) is 0 Å². The molecule has 0 aliphatic carbocycles. The van der Waals surface area contributed by atoms with Crippen LogP contribution in [0.4, 0.5) is 13.2 Å². The van der Waals surface area contributed by atoms with Crippen LogP contribution >= 0.6 is 11.6 Å². The smallest absolute Gasteiger partial charge is 0.348 e. The van der Waals surface area contributed by atoms with Crippen molar-refractivity contribution < 1.29 is 22.8 Å². The van der Waals surface area contributed by atoms with E-state index in [1.54, 1.807) is 23.1 Å². The van der Waals surface area contributed by atoms with Gasteiger partial charge in [0.15, 0.2) is 0 Å². The maximum Gasteiger partial charge on any atom is 0.471 e. The first kappa shape index (κ1) is 18.6. The fourth-order valence-electron chi connectivity index (χ4n) is 2.64. The zero-order chi connectivity index (χ0) is 17.7. The maximum atomic E-state index is 12.3. The van der Waals surface area contributed by atoms with E-state index in [0.717, 1.165) is 5.56 Å². The summed E-state index contributed by atoms with van der Waals surface area (Å²) >= 11 is 6.04. The molecule has 1 aromatic carbocycles. The lowest BCUT2D eigenvalue weighted by Crippen LogP contribution is -2.44. The molecule has 1 aliphatic rings. The lowest BCUT2D eigenvalue weighted by Gasteiger charge is -2.32. The van der Waals surface area contributed by atoms with Crippen LogP contribution in [0.25, 0.3) is 0 Å². The molecule has 2 rings (SSSR count). The van der Waals surface area contributed by atoms with Crippen LogP contribution in [0.2, 0.25) is 5.02 Å². The zero-order valence-electron chi connectivity index (χ0n) is 12.9. The summed E-state index contributed by atoms with van der Waals surface area (Å²) < 4.78 is 36.4. The standard InChI is InChI=1S/C16H18ClF3N2O2/c17-13-4-2-1-3-12(13)9-14(23)22-7-5-11(6-8-22)10-21-15(24)16(18,19)20/h1-4,11H,5-10H2,(H,21,24). The monoisotopic (exact) mass is 362 g/mol. The molecule has 8 heteroatoms. The number of carbonyl (C=O) groups excluding carboxylic acids is 2. The Morgan fingerprint density at radius 1 is 1.21 bits per heavy atom. The Morgan fingerprint density at radius 2 is 1.83 bits per heavy atom. The van der Waals surface area contributed by atoms with Gasteiger partial charge in [0.2, 0.25) is 5.91 Å². The minimum absolute atomic E-state index is 0.0229. The van der Waals surface area contributed by atoms with Gasteiger partial charge < -0.3 is 10.2 Å². The largest absolute Gasteiger partial charge is 0.471 e. The van der Waals surface area contributed by atoms with Crippen LogP contribution in [0.15, 0.2) is 24.3 Å². The number of nitrogens with zero attached hydrogens (tertiary/aromatic N) is 1. The van der Waals surface area contributed by atoms with Crippen molar-refractivity contribution in [3.05, 3.63) is 34.9 Å². The molecule has 2 amide bonds. The van der Waals surface area contributed by atoms with Crippen molar-refractivity contribution in [3.8, 4) is 0 Å². The van der Waals surface area contributed by atoms with Crippen molar-refractivity contribution in [3.63, 3.8) is 0 Å². The highest BCUT2D eigenvalue weighted by atomic mass is 35.5.